The quantitative estimate of drug-likeness (QED) is 0.351. The molecule has 0 spiro atoms. The van der Waals surface area contributed by atoms with E-state index in [1.54, 1.807) is 19.1 Å². The number of benzene rings is 1. The lowest BCUT2D eigenvalue weighted by atomic mass is 10.1. The Hall–Kier alpha value is -4.22. The molecule has 12 heteroatoms. The summed E-state index contributed by atoms with van der Waals surface area (Å²) in [6, 6.07) is 8.49. The van der Waals surface area contributed by atoms with E-state index in [0.717, 1.165) is 6.07 Å². The number of methoxy groups -OCH3 is 1. The summed E-state index contributed by atoms with van der Waals surface area (Å²) in [7, 11) is 1.22. The minimum atomic E-state index is -4.66. The van der Waals surface area contributed by atoms with E-state index in [0.29, 0.717) is 16.5 Å². The number of halogens is 4. The molecule has 0 saturated heterocycles. The van der Waals surface area contributed by atoms with Crippen molar-refractivity contribution in [2.75, 3.05) is 12.4 Å². The fourth-order valence-corrected chi connectivity index (χ4v) is 3.28. The van der Waals surface area contributed by atoms with Crippen molar-refractivity contribution in [2.24, 2.45) is 0 Å². The monoisotopic (exact) mass is 474 g/mol. The summed E-state index contributed by atoms with van der Waals surface area (Å²) >= 11 is 0. The summed E-state index contributed by atoms with van der Waals surface area (Å²) in [5, 5.41) is 12.6. The van der Waals surface area contributed by atoms with Gasteiger partial charge in [0.2, 0.25) is 5.88 Å². The van der Waals surface area contributed by atoms with Gasteiger partial charge >= 0.3 is 12.2 Å². The Morgan fingerprint density at radius 3 is 2.56 bits per heavy atom. The molecule has 0 aliphatic rings. The number of carbonyl (C=O) groups is 1. The van der Waals surface area contributed by atoms with E-state index in [4.69, 9.17) is 4.74 Å². The summed E-state index contributed by atoms with van der Waals surface area (Å²) in [6.07, 6.45) is -3.28. The van der Waals surface area contributed by atoms with Gasteiger partial charge in [0.15, 0.2) is 0 Å². The zero-order chi connectivity index (χ0) is 24.5. The maximum atomic E-state index is 13.2. The first-order chi connectivity index (χ1) is 16.1. The predicted octanol–water partition coefficient (Wildman–Crippen LogP) is 5.07. The normalized spacial score (nSPS) is 12.4. The maximum Gasteiger partial charge on any atom is 0.433 e. The average molecular weight is 474 g/mol. The smallest absolute Gasteiger partial charge is 0.433 e. The Bertz CT molecular complexity index is 1340. The minimum Gasteiger partial charge on any atom is -0.481 e. The molecular weight excluding hydrogens is 456 g/mol. The number of aromatic amines is 1. The third-order valence-electron chi connectivity index (χ3n) is 4.98. The molecule has 0 radical (unpaired) electrons. The number of ether oxygens (including phenoxy) is 1. The van der Waals surface area contributed by atoms with Crippen LogP contribution in [0.1, 0.15) is 24.2 Å². The van der Waals surface area contributed by atoms with E-state index in [9.17, 15) is 22.4 Å². The number of nitrogens with zero attached hydrogens (tertiary/aromatic N) is 3. The van der Waals surface area contributed by atoms with Gasteiger partial charge in [-0.2, -0.15) is 18.3 Å². The third kappa shape index (κ3) is 4.90. The van der Waals surface area contributed by atoms with Crippen LogP contribution in [0.2, 0.25) is 0 Å². The van der Waals surface area contributed by atoms with Crippen LogP contribution < -0.4 is 15.4 Å². The average Bonchev–Trinajstić information content (AvgIpc) is 3.21. The van der Waals surface area contributed by atoms with E-state index in [1.165, 1.54) is 37.6 Å². The SMILES string of the molecule is COc1cc(-c2n[nH]c3cc(NC(=O)NC(C)c4ccc(F)cc4)ncc23)cc(C(F)(F)F)n1. The molecular formula is C22H18F4N6O2. The number of aromatic nitrogens is 4. The molecule has 0 fully saturated rings. The molecule has 8 nitrogen and oxygen atoms in total. The van der Waals surface area contributed by atoms with Crippen molar-refractivity contribution in [1.82, 2.24) is 25.5 Å². The van der Waals surface area contributed by atoms with Crippen LogP contribution in [-0.4, -0.2) is 33.3 Å². The van der Waals surface area contributed by atoms with E-state index >= 15 is 0 Å². The van der Waals surface area contributed by atoms with Gasteiger partial charge in [0.25, 0.3) is 0 Å². The first-order valence-corrected chi connectivity index (χ1v) is 9.95. The van der Waals surface area contributed by atoms with Crippen molar-refractivity contribution in [3.8, 4) is 17.1 Å². The highest BCUT2D eigenvalue weighted by Gasteiger charge is 2.34. The number of hydrogen-bond acceptors (Lipinski definition) is 5. The molecule has 4 rings (SSSR count). The van der Waals surface area contributed by atoms with Crippen LogP contribution in [0.15, 0.2) is 48.7 Å². The largest absolute Gasteiger partial charge is 0.481 e. The number of anilines is 1. The van der Waals surface area contributed by atoms with E-state index in [2.05, 4.69) is 30.8 Å². The highest BCUT2D eigenvalue weighted by atomic mass is 19.4. The number of pyridine rings is 2. The lowest BCUT2D eigenvalue weighted by molar-refractivity contribution is -0.141. The molecule has 3 N–H and O–H groups in total. The summed E-state index contributed by atoms with van der Waals surface area (Å²) < 4.78 is 57.6. The van der Waals surface area contributed by atoms with E-state index < -0.39 is 23.9 Å². The number of fused-ring (bicyclic) bond motifs is 1. The molecule has 4 aromatic rings. The van der Waals surface area contributed by atoms with Gasteiger partial charge in [0.1, 0.15) is 23.0 Å². The zero-order valence-corrected chi connectivity index (χ0v) is 17.9. The number of urea groups is 1. The Labute approximate surface area is 190 Å². The lowest BCUT2D eigenvalue weighted by Gasteiger charge is -2.14. The molecule has 3 heterocycles. The van der Waals surface area contributed by atoms with Gasteiger partial charge in [0.05, 0.1) is 18.7 Å². The van der Waals surface area contributed by atoms with E-state index in [-0.39, 0.29) is 28.8 Å². The first kappa shape index (κ1) is 23.0. The molecule has 0 bridgehead atoms. The second-order valence-electron chi connectivity index (χ2n) is 7.34. The van der Waals surface area contributed by atoms with Crippen molar-refractivity contribution < 1.29 is 27.1 Å². The molecule has 2 amide bonds. The van der Waals surface area contributed by atoms with Crippen molar-refractivity contribution in [1.29, 1.82) is 0 Å². The molecule has 1 aromatic carbocycles. The second kappa shape index (κ2) is 8.96. The van der Waals surface area contributed by atoms with Crippen molar-refractivity contribution in [3.63, 3.8) is 0 Å². The number of rotatable bonds is 5. The van der Waals surface area contributed by atoms with Crippen LogP contribution in [0.4, 0.5) is 28.2 Å². The number of hydrogen-bond donors (Lipinski definition) is 3. The highest BCUT2D eigenvalue weighted by molar-refractivity contribution is 5.96. The van der Waals surface area contributed by atoms with Crippen LogP contribution in [0, 0.1) is 5.82 Å². The molecule has 3 aromatic heterocycles. The van der Waals surface area contributed by atoms with Gasteiger partial charge in [0, 0.05) is 29.3 Å². The summed E-state index contributed by atoms with van der Waals surface area (Å²) in [5.74, 6) is -0.398. The number of amides is 2. The van der Waals surface area contributed by atoms with Gasteiger partial charge in [-0.05, 0) is 30.7 Å². The molecule has 0 aliphatic carbocycles. The number of alkyl halides is 3. The van der Waals surface area contributed by atoms with Crippen molar-refractivity contribution >= 4 is 22.8 Å². The topological polar surface area (TPSA) is 105 Å². The maximum absolute atomic E-state index is 13.2. The second-order valence-corrected chi connectivity index (χ2v) is 7.34. The number of carbonyl (C=O) groups excluding carboxylic acids is 1. The Morgan fingerprint density at radius 2 is 1.88 bits per heavy atom. The number of H-pyrrole nitrogens is 1. The van der Waals surface area contributed by atoms with Crippen LogP contribution in [0.3, 0.4) is 0 Å². The van der Waals surface area contributed by atoms with Crippen LogP contribution in [-0.2, 0) is 6.18 Å². The van der Waals surface area contributed by atoms with Crippen molar-refractivity contribution in [2.45, 2.75) is 19.1 Å². The van der Waals surface area contributed by atoms with Gasteiger partial charge < -0.3 is 10.1 Å². The van der Waals surface area contributed by atoms with Gasteiger partial charge in [-0.3, -0.25) is 10.4 Å². The van der Waals surface area contributed by atoms with Crippen LogP contribution in [0.25, 0.3) is 22.2 Å². The first-order valence-electron chi connectivity index (χ1n) is 9.95. The molecule has 1 atom stereocenters. The number of nitrogens with one attached hydrogen (secondary N) is 3. The minimum absolute atomic E-state index is 0.138. The summed E-state index contributed by atoms with van der Waals surface area (Å²) in [6.45, 7) is 1.74. The fraction of sp³-hybridized carbons (Fsp3) is 0.182. The van der Waals surface area contributed by atoms with Crippen LogP contribution in [0.5, 0.6) is 5.88 Å². The van der Waals surface area contributed by atoms with Crippen LogP contribution >= 0.6 is 0 Å². The molecule has 1 unspecified atom stereocenters. The fourth-order valence-electron chi connectivity index (χ4n) is 3.28. The van der Waals surface area contributed by atoms with Gasteiger partial charge in [-0.15, -0.1) is 0 Å². The third-order valence-corrected chi connectivity index (χ3v) is 4.98. The molecule has 34 heavy (non-hydrogen) atoms. The molecule has 176 valence electrons. The summed E-state index contributed by atoms with van der Waals surface area (Å²) in [5.41, 5.74) is 0.394. The predicted molar refractivity (Wildman–Crippen MR) is 116 cm³/mol. The van der Waals surface area contributed by atoms with E-state index in [1.807, 2.05) is 0 Å². The summed E-state index contributed by atoms with van der Waals surface area (Å²) in [4.78, 5) is 19.9. The Kier molecular flexibility index (Phi) is 6.05. The Morgan fingerprint density at radius 1 is 1.15 bits per heavy atom. The lowest BCUT2D eigenvalue weighted by Crippen LogP contribution is -2.31. The zero-order valence-electron chi connectivity index (χ0n) is 17.9. The van der Waals surface area contributed by atoms with Gasteiger partial charge in [-0.25, -0.2) is 19.2 Å². The van der Waals surface area contributed by atoms with Gasteiger partial charge in [-0.1, -0.05) is 12.1 Å². The van der Waals surface area contributed by atoms with Crippen molar-refractivity contribution in [3.05, 3.63) is 65.7 Å². The molecule has 0 saturated carbocycles. The highest BCUT2D eigenvalue weighted by Crippen LogP contribution is 2.34. The molecule has 0 aliphatic heterocycles. The Balaban J connectivity index is 1.54. The standard InChI is InChI=1S/C22H18F4N6O2/c1-11(12-3-5-14(23)6-4-12)28-21(33)30-18-9-16-15(10-27-18)20(32-31-16)13-7-17(22(24,25)26)29-19(8-13)34-2/h3-11H,1-2H3,(H,31,32)(H2,27,28,30,33).